The van der Waals surface area contributed by atoms with Crippen molar-refractivity contribution >= 4 is 34.2 Å². The summed E-state index contributed by atoms with van der Waals surface area (Å²) in [7, 11) is 1.62. The van der Waals surface area contributed by atoms with E-state index < -0.39 is 12.0 Å². The van der Waals surface area contributed by atoms with E-state index in [0.717, 1.165) is 39.0 Å². The summed E-state index contributed by atoms with van der Waals surface area (Å²) >= 11 is 1.28. The van der Waals surface area contributed by atoms with Gasteiger partial charge in [-0.25, -0.2) is 14.2 Å². The Bertz CT molecular complexity index is 2120. The smallest absolute Gasteiger partial charge is 0.338 e. The molecule has 2 aromatic heterocycles. The van der Waals surface area contributed by atoms with Crippen molar-refractivity contribution in [1.82, 2.24) is 9.13 Å². The predicted molar refractivity (Wildman–Crippen MR) is 166 cm³/mol. The van der Waals surface area contributed by atoms with Crippen LogP contribution in [0.15, 0.2) is 87.8 Å². The monoisotopic (exact) mass is 595 g/mol. The van der Waals surface area contributed by atoms with Crippen LogP contribution in [0.3, 0.4) is 0 Å². The van der Waals surface area contributed by atoms with Crippen LogP contribution in [0.5, 0.6) is 5.75 Å². The number of allylic oxidation sites excluding steroid dienone is 1. The highest BCUT2D eigenvalue weighted by molar-refractivity contribution is 7.07. The van der Waals surface area contributed by atoms with Crippen LogP contribution in [0, 0.1) is 19.7 Å². The van der Waals surface area contributed by atoms with Gasteiger partial charge >= 0.3 is 5.97 Å². The van der Waals surface area contributed by atoms with E-state index in [9.17, 15) is 14.0 Å². The van der Waals surface area contributed by atoms with Crippen molar-refractivity contribution in [2.45, 2.75) is 33.7 Å². The Morgan fingerprint density at radius 1 is 1.05 bits per heavy atom. The second-order valence-electron chi connectivity index (χ2n) is 10.3. The highest BCUT2D eigenvalue weighted by Crippen LogP contribution is 2.38. The van der Waals surface area contributed by atoms with E-state index >= 15 is 0 Å². The lowest BCUT2D eigenvalue weighted by Gasteiger charge is -2.26. The number of carbonyl (C=O) groups excluding carboxylic acids is 1. The fraction of sp³-hybridized carbons (Fsp3) is 0.206. The molecular weight excluding hydrogens is 565 g/mol. The minimum Gasteiger partial charge on any atom is -0.496 e. The Labute approximate surface area is 251 Å². The van der Waals surface area contributed by atoms with Gasteiger partial charge < -0.3 is 14.0 Å². The largest absolute Gasteiger partial charge is 0.496 e. The molecule has 5 aromatic rings. The molecule has 0 bridgehead atoms. The van der Waals surface area contributed by atoms with E-state index in [0.29, 0.717) is 26.4 Å². The fourth-order valence-electron chi connectivity index (χ4n) is 5.86. The van der Waals surface area contributed by atoms with Gasteiger partial charge in [0.1, 0.15) is 11.6 Å². The first kappa shape index (κ1) is 28.4. The number of fused-ring (bicyclic) bond motifs is 2. The van der Waals surface area contributed by atoms with Crippen molar-refractivity contribution in [2.75, 3.05) is 13.7 Å². The molecule has 0 saturated carbocycles. The maximum atomic E-state index is 14.2. The Morgan fingerprint density at radius 3 is 2.47 bits per heavy atom. The molecule has 1 aliphatic rings. The number of ether oxygens (including phenoxy) is 2. The highest BCUT2D eigenvalue weighted by atomic mass is 32.1. The number of rotatable bonds is 6. The van der Waals surface area contributed by atoms with Crippen LogP contribution in [-0.4, -0.2) is 28.8 Å². The van der Waals surface area contributed by atoms with Gasteiger partial charge in [-0.15, -0.1) is 0 Å². The second kappa shape index (κ2) is 11.1. The van der Waals surface area contributed by atoms with Crippen molar-refractivity contribution in [2.24, 2.45) is 4.99 Å². The zero-order valence-corrected chi connectivity index (χ0v) is 25.3. The number of methoxy groups -OCH3 is 1. The lowest BCUT2D eigenvalue weighted by atomic mass is 9.91. The summed E-state index contributed by atoms with van der Waals surface area (Å²) in [5.41, 5.74) is 4.90. The summed E-state index contributed by atoms with van der Waals surface area (Å²) < 4.78 is 28.8. The van der Waals surface area contributed by atoms with Crippen molar-refractivity contribution in [3.8, 4) is 11.4 Å². The standard InChI is InChI=1S/C34H30FN3O4S/c1-6-42-33(40)30-20(3)36-34-38(31(30)27-15-16-28(41-5)26-10-8-7-9-25(26)27)32(39)29(43-34)18-22-17-19(2)37(21(22)4)24-13-11-23(35)12-14-24/h7-18,31H,6H2,1-5H3/t31-/m1/s1. The van der Waals surface area contributed by atoms with Gasteiger partial charge in [0.05, 0.1) is 35.6 Å². The van der Waals surface area contributed by atoms with E-state index in [1.807, 2.05) is 67.0 Å². The molecule has 0 N–H and O–H groups in total. The first-order valence-electron chi connectivity index (χ1n) is 13.9. The summed E-state index contributed by atoms with van der Waals surface area (Å²) in [5.74, 6) is -0.114. The number of benzene rings is 3. The Kier molecular flexibility index (Phi) is 7.35. The molecule has 0 radical (unpaired) electrons. The topological polar surface area (TPSA) is 74.8 Å². The average molecular weight is 596 g/mol. The second-order valence-corrected chi connectivity index (χ2v) is 11.4. The average Bonchev–Trinajstić information content (AvgIpc) is 3.45. The lowest BCUT2D eigenvalue weighted by molar-refractivity contribution is -0.139. The minimum absolute atomic E-state index is 0.194. The molecule has 0 spiro atoms. The minimum atomic E-state index is -0.750. The molecule has 0 fully saturated rings. The molecule has 6 rings (SSSR count). The van der Waals surface area contributed by atoms with E-state index in [2.05, 4.69) is 0 Å². The quantitative estimate of drug-likeness (QED) is 0.243. The number of carbonyl (C=O) groups is 1. The van der Waals surface area contributed by atoms with Gasteiger partial charge in [-0.3, -0.25) is 9.36 Å². The third-order valence-electron chi connectivity index (χ3n) is 7.79. The molecule has 0 aliphatic carbocycles. The number of thiazole rings is 1. The summed E-state index contributed by atoms with van der Waals surface area (Å²) in [4.78, 5) is 32.9. The number of hydrogen-bond donors (Lipinski definition) is 0. The molecule has 43 heavy (non-hydrogen) atoms. The number of aryl methyl sites for hydroxylation is 1. The zero-order valence-electron chi connectivity index (χ0n) is 24.5. The Balaban J connectivity index is 1.58. The maximum absolute atomic E-state index is 14.2. The summed E-state index contributed by atoms with van der Waals surface area (Å²) in [6.45, 7) is 7.66. The third kappa shape index (κ3) is 4.79. The number of nitrogens with zero attached hydrogens (tertiary/aromatic N) is 3. The molecule has 218 valence electrons. The van der Waals surface area contributed by atoms with Crippen LogP contribution in [0.1, 0.15) is 42.4 Å². The molecular formula is C34H30FN3O4S. The van der Waals surface area contributed by atoms with E-state index in [1.165, 1.54) is 23.5 Å². The van der Waals surface area contributed by atoms with Crippen LogP contribution < -0.4 is 19.6 Å². The molecule has 0 saturated heterocycles. The first-order chi connectivity index (χ1) is 20.7. The molecule has 3 heterocycles. The predicted octanol–water partition coefficient (Wildman–Crippen LogP) is 5.51. The van der Waals surface area contributed by atoms with Crippen LogP contribution in [-0.2, 0) is 9.53 Å². The Hall–Kier alpha value is -4.76. The SMILES string of the molecule is CCOC(=O)C1=C(C)N=c2sc(=Cc3cc(C)n(-c4ccc(F)cc4)c3C)c(=O)n2[C@@H]1c1ccc(OC)c2ccccc12. The molecule has 0 unspecified atom stereocenters. The maximum Gasteiger partial charge on any atom is 0.338 e. The number of aromatic nitrogens is 2. The highest BCUT2D eigenvalue weighted by Gasteiger charge is 2.34. The molecule has 1 aliphatic heterocycles. The van der Waals surface area contributed by atoms with E-state index in [4.69, 9.17) is 14.5 Å². The summed E-state index contributed by atoms with van der Waals surface area (Å²) in [6, 6.07) is 19.1. The van der Waals surface area contributed by atoms with Gasteiger partial charge in [0.25, 0.3) is 5.56 Å². The summed E-state index contributed by atoms with van der Waals surface area (Å²) in [5, 5.41) is 1.73. The molecule has 7 nitrogen and oxygen atoms in total. The van der Waals surface area contributed by atoms with Gasteiger partial charge in [0.2, 0.25) is 0 Å². The van der Waals surface area contributed by atoms with Gasteiger partial charge in [-0.2, -0.15) is 0 Å². The van der Waals surface area contributed by atoms with Crippen molar-refractivity contribution in [3.05, 3.63) is 126 Å². The molecule has 0 amide bonds. The van der Waals surface area contributed by atoms with Gasteiger partial charge in [0.15, 0.2) is 4.80 Å². The van der Waals surface area contributed by atoms with Crippen LogP contribution in [0.2, 0.25) is 0 Å². The van der Waals surface area contributed by atoms with E-state index in [-0.39, 0.29) is 18.0 Å². The van der Waals surface area contributed by atoms with E-state index in [1.54, 1.807) is 37.7 Å². The third-order valence-corrected chi connectivity index (χ3v) is 8.77. The van der Waals surface area contributed by atoms with Crippen LogP contribution in [0.4, 0.5) is 4.39 Å². The lowest BCUT2D eigenvalue weighted by Crippen LogP contribution is -2.40. The zero-order chi connectivity index (χ0) is 30.4. The van der Waals surface area contributed by atoms with Gasteiger partial charge in [-0.05, 0) is 86.7 Å². The number of hydrogen-bond acceptors (Lipinski definition) is 6. The van der Waals surface area contributed by atoms with Gasteiger partial charge in [-0.1, -0.05) is 41.7 Å². The van der Waals surface area contributed by atoms with Crippen LogP contribution in [0.25, 0.3) is 22.5 Å². The van der Waals surface area contributed by atoms with Crippen molar-refractivity contribution < 1.29 is 18.7 Å². The number of esters is 1. The molecule has 1 atom stereocenters. The van der Waals surface area contributed by atoms with Crippen molar-refractivity contribution in [3.63, 3.8) is 0 Å². The summed E-state index contributed by atoms with van der Waals surface area (Å²) in [6.07, 6.45) is 1.86. The fourth-order valence-corrected chi connectivity index (χ4v) is 6.90. The first-order valence-corrected chi connectivity index (χ1v) is 14.7. The van der Waals surface area contributed by atoms with Gasteiger partial charge in [0, 0.05) is 22.5 Å². The molecule has 3 aromatic carbocycles. The van der Waals surface area contributed by atoms with Crippen LogP contribution >= 0.6 is 11.3 Å². The molecule has 9 heteroatoms. The Morgan fingerprint density at radius 2 is 1.77 bits per heavy atom. The normalized spacial score (nSPS) is 15.0. The number of halogens is 1. The van der Waals surface area contributed by atoms with Crippen molar-refractivity contribution in [1.29, 1.82) is 0 Å².